The van der Waals surface area contributed by atoms with Crippen molar-refractivity contribution in [3.8, 4) is 56.4 Å². The molecule has 0 spiro atoms. The van der Waals surface area contributed by atoms with Crippen LogP contribution in [0.2, 0.25) is 0 Å². The number of rotatable bonds is 5. The lowest BCUT2D eigenvalue weighted by Gasteiger charge is -2.14. The number of aromatic nitrogens is 3. The molecule has 2 aromatic heterocycles. The number of fused-ring (bicyclic) bond motifs is 10. The van der Waals surface area contributed by atoms with Gasteiger partial charge in [0.2, 0.25) is 0 Å². The molecule has 0 unspecified atom stereocenters. The Morgan fingerprint density at radius 2 is 0.782 bits per heavy atom. The molecule has 11 aromatic rings. The zero-order chi connectivity index (χ0) is 36.3. The fourth-order valence-corrected chi connectivity index (χ4v) is 8.22. The Hall–Kier alpha value is -7.43. The maximum atomic E-state index is 6.86. The van der Waals surface area contributed by atoms with Crippen LogP contribution in [0.3, 0.4) is 0 Å². The van der Waals surface area contributed by atoms with Crippen LogP contribution in [0.1, 0.15) is 0 Å². The van der Waals surface area contributed by atoms with Crippen LogP contribution in [0, 0.1) is 0 Å². The highest BCUT2D eigenvalue weighted by Crippen LogP contribution is 2.46. The van der Waals surface area contributed by atoms with E-state index in [1.807, 2.05) is 30.3 Å². The van der Waals surface area contributed by atoms with E-state index in [1.54, 1.807) is 0 Å². The first-order chi connectivity index (χ1) is 27.3. The summed E-state index contributed by atoms with van der Waals surface area (Å²) in [5, 5.41) is 8.90. The molecule has 0 N–H and O–H groups in total. The van der Waals surface area contributed by atoms with Gasteiger partial charge in [0.15, 0.2) is 17.5 Å². The summed E-state index contributed by atoms with van der Waals surface area (Å²) in [6.45, 7) is 0. The summed E-state index contributed by atoms with van der Waals surface area (Å²) in [6, 6.07) is 65.6. The average molecular weight is 702 g/mol. The van der Waals surface area contributed by atoms with Crippen LogP contribution >= 0.6 is 0 Å². The van der Waals surface area contributed by atoms with E-state index in [-0.39, 0.29) is 0 Å². The summed E-state index contributed by atoms with van der Waals surface area (Å²) in [6.07, 6.45) is 0. The van der Waals surface area contributed by atoms with Crippen molar-refractivity contribution in [1.82, 2.24) is 15.0 Å². The first kappa shape index (κ1) is 31.1. The number of nitrogens with zero attached hydrogens (tertiary/aromatic N) is 3. The molecule has 0 atom stereocenters. The predicted molar refractivity (Wildman–Crippen MR) is 227 cm³/mol. The third-order valence-corrected chi connectivity index (χ3v) is 10.7. The molecule has 0 aliphatic carbocycles. The third-order valence-electron chi connectivity index (χ3n) is 10.7. The zero-order valence-corrected chi connectivity index (χ0v) is 29.6. The summed E-state index contributed by atoms with van der Waals surface area (Å²) in [7, 11) is 0. The topological polar surface area (TPSA) is 51.8 Å². The van der Waals surface area contributed by atoms with E-state index >= 15 is 0 Å². The number of hydrogen-bond acceptors (Lipinski definition) is 4. The van der Waals surface area contributed by atoms with Gasteiger partial charge in [-0.2, -0.15) is 0 Å². The minimum atomic E-state index is 0.592. The normalized spacial score (nSPS) is 11.6. The monoisotopic (exact) mass is 701 g/mol. The second kappa shape index (κ2) is 12.6. The molecule has 0 fully saturated rings. The summed E-state index contributed by atoms with van der Waals surface area (Å²) in [5.41, 5.74) is 8.97. The van der Waals surface area contributed by atoms with Gasteiger partial charge in [-0.15, -0.1) is 0 Å². The first-order valence-electron chi connectivity index (χ1n) is 18.5. The van der Waals surface area contributed by atoms with Crippen molar-refractivity contribution in [2.75, 3.05) is 0 Å². The molecule has 0 aliphatic rings. The van der Waals surface area contributed by atoms with E-state index in [4.69, 9.17) is 19.4 Å². The summed E-state index contributed by atoms with van der Waals surface area (Å²) in [4.78, 5) is 15.7. The predicted octanol–water partition coefficient (Wildman–Crippen LogP) is 13.6. The molecular weight excluding hydrogens is 671 g/mol. The van der Waals surface area contributed by atoms with E-state index < -0.39 is 0 Å². The summed E-state index contributed by atoms with van der Waals surface area (Å²) in [5.74, 6) is 1.81. The fraction of sp³-hybridized carbons (Fsp3) is 0. The smallest absolute Gasteiger partial charge is 0.164 e. The molecule has 2 heterocycles. The van der Waals surface area contributed by atoms with E-state index in [0.717, 1.165) is 71.3 Å². The highest BCUT2D eigenvalue weighted by molar-refractivity contribution is 6.34. The van der Waals surface area contributed by atoms with Crippen LogP contribution in [0.5, 0.6) is 0 Å². The molecule has 256 valence electrons. The standard InChI is InChI=1S/C51H31N3O/c1-3-16-32(17-4-1)36-22-7-8-23-37(36)34-20-15-21-35(30-34)50-52-49(33-18-5-2-6-19-33)53-51(54-50)44-31-43-40-26-10-9-24-38(40)39-25-11-12-27-41(39)46(43)48-47(44)42-28-13-14-29-45(42)55-48/h1-31H. The SMILES string of the molecule is c1ccc(-c2nc(-c3cccc(-c4ccccc4-c4ccccc4)c3)nc(-c3cc4c5ccccc5c5ccccc5c4c4oc5ccccc5c34)n2)cc1. The van der Waals surface area contributed by atoms with Gasteiger partial charge < -0.3 is 4.42 Å². The molecule has 4 nitrogen and oxygen atoms in total. The number of benzene rings is 9. The Bertz CT molecular complexity index is 3260. The van der Waals surface area contributed by atoms with E-state index in [0.29, 0.717) is 17.5 Å². The van der Waals surface area contributed by atoms with Crippen LogP contribution in [-0.4, -0.2) is 15.0 Å². The quantitative estimate of drug-likeness (QED) is 0.168. The van der Waals surface area contributed by atoms with Gasteiger partial charge in [-0.3, -0.25) is 0 Å². The first-order valence-corrected chi connectivity index (χ1v) is 18.5. The fourth-order valence-electron chi connectivity index (χ4n) is 8.22. The van der Waals surface area contributed by atoms with Gasteiger partial charge in [-0.25, -0.2) is 15.0 Å². The molecular formula is C51H31N3O. The number of furan rings is 1. The lowest BCUT2D eigenvalue weighted by Crippen LogP contribution is -2.01. The summed E-state index contributed by atoms with van der Waals surface area (Å²) >= 11 is 0. The van der Waals surface area contributed by atoms with Gasteiger partial charge in [0.1, 0.15) is 11.2 Å². The Morgan fingerprint density at radius 3 is 1.51 bits per heavy atom. The molecule has 0 amide bonds. The molecule has 55 heavy (non-hydrogen) atoms. The molecule has 0 saturated heterocycles. The Kier molecular flexibility index (Phi) is 7.14. The Labute approximate surface area is 317 Å². The zero-order valence-electron chi connectivity index (χ0n) is 29.6. The van der Waals surface area contributed by atoms with Gasteiger partial charge in [-0.05, 0) is 67.4 Å². The second-order valence-electron chi connectivity index (χ2n) is 13.9. The highest BCUT2D eigenvalue weighted by Gasteiger charge is 2.23. The lowest BCUT2D eigenvalue weighted by atomic mass is 9.91. The molecule has 9 aromatic carbocycles. The van der Waals surface area contributed by atoms with Gasteiger partial charge in [0, 0.05) is 32.8 Å². The largest absolute Gasteiger partial charge is 0.455 e. The van der Waals surface area contributed by atoms with Crippen LogP contribution in [0.4, 0.5) is 0 Å². The van der Waals surface area contributed by atoms with Crippen molar-refractivity contribution in [2.24, 2.45) is 0 Å². The molecule has 4 heteroatoms. The van der Waals surface area contributed by atoms with Crippen molar-refractivity contribution < 1.29 is 4.42 Å². The average Bonchev–Trinajstić information content (AvgIpc) is 3.66. The maximum Gasteiger partial charge on any atom is 0.164 e. The van der Waals surface area contributed by atoms with Gasteiger partial charge in [0.05, 0.1) is 0 Å². The minimum Gasteiger partial charge on any atom is -0.455 e. The maximum absolute atomic E-state index is 6.86. The highest BCUT2D eigenvalue weighted by atomic mass is 16.3. The van der Waals surface area contributed by atoms with Gasteiger partial charge in [-0.1, -0.05) is 170 Å². The van der Waals surface area contributed by atoms with Crippen molar-refractivity contribution in [2.45, 2.75) is 0 Å². The minimum absolute atomic E-state index is 0.592. The second-order valence-corrected chi connectivity index (χ2v) is 13.9. The van der Waals surface area contributed by atoms with Crippen LogP contribution < -0.4 is 0 Å². The lowest BCUT2D eigenvalue weighted by molar-refractivity contribution is 0.673. The number of hydrogen-bond donors (Lipinski definition) is 0. The van der Waals surface area contributed by atoms with E-state index in [9.17, 15) is 0 Å². The van der Waals surface area contributed by atoms with Crippen molar-refractivity contribution >= 4 is 54.3 Å². The van der Waals surface area contributed by atoms with Crippen molar-refractivity contribution in [3.05, 3.63) is 188 Å². The van der Waals surface area contributed by atoms with E-state index in [2.05, 4.69) is 158 Å². The molecule has 0 aliphatic heterocycles. The summed E-state index contributed by atoms with van der Waals surface area (Å²) < 4.78 is 6.86. The molecule has 0 bridgehead atoms. The van der Waals surface area contributed by atoms with Crippen LogP contribution in [0.15, 0.2) is 192 Å². The molecule has 0 radical (unpaired) electrons. The van der Waals surface area contributed by atoms with Gasteiger partial charge >= 0.3 is 0 Å². The molecule has 0 saturated carbocycles. The van der Waals surface area contributed by atoms with Gasteiger partial charge in [0.25, 0.3) is 0 Å². The number of para-hydroxylation sites is 1. The molecule has 11 rings (SSSR count). The Balaban J connectivity index is 1.21. The van der Waals surface area contributed by atoms with Crippen molar-refractivity contribution in [3.63, 3.8) is 0 Å². The Morgan fingerprint density at radius 1 is 0.291 bits per heavy atom. The van der Waals surface area contributed by atoms with Crippen LogP contribution in [0.25, 0.3) is 111 Å². The van der Waals surface area contributed by atoms with Crippen LogP contribution in [-0.2, 0) is 0 Å². The van der Waals surface area contributed by atoms with Crippen molar-refractivity contribution in [1.29, 1.82) is 0 Å². The van der Waals surface area contributed by atoms with E-state index in [1.165, 1.54) is 21.9 Å². The third kappa shape index (κ3) is 5.11.